The monoisotopic (exact) mass is 408 g/mol. The van der Waals surface area contributed by atoms with Crippen LogP contribution in [0.1, 0.15) is 24.2 Å². The van der Waals surface area contributed by atoms with E-state index in [4.69, 9.17) is 23.7 Å². The Kier molecular flexibility index (Phi) is 7.29. The smallest absolute Gasteiger partial charge is 0.342 e. The maximum atomic E-state index is 12.6. The molecule has 0 unspecified atom stereocenters. The van der Waals surface area contributed by atoms with E-state index in [-0.39, 0.29) is 41.5 Å². The van der Waals surface area contributed by atoms with Gasteiger partial charge in [-0.3, -0.25) is 0 Å². The number of benzene rings is 1. The van der Waals surface area contributed by atoms with Gasteiger partial charge in [-0.2, -0.15) is 0 Å². The fraction of sp³-hybridized carbons (Fsp3) is 0.421. The minimum Gasteiger partial charge on any atom is -0.493 e. The lowest BCUT2D eigenvalue weighted by Gasteiger charge is -2.26. The number of nitrogens with one attached hydrogen (secondary N) is 2. The Morgan fingerprint density at radius 3 is 2.28 bits per heavy atom. The van der Waals surface area contributed by atoms with E-state index < -0.39 is 24.0 Å². The van der Waals surface area contributed by atoms with E-state index in [1.54, 1.807) is 13.8 Å². The topological polar surface area (TPSA) is 121 Å². The van der Waals surface area contributed by atoms with Crippen LogP contribution in [0.15, 0.2) is 23.4 Å². The summed E-state index contributed by atoms with van der Waals surface area (Å²) in [6.07, 6.45) is 0. The minimum absolute atomic E-state index is 0.0942. The molecule has 1 aromatic rings. The standard InChI is InChI=1S/C19H24N2O8/c1-6-28-18(23)14-10(2)20-19(24)21-12(14)9-29-17(22)11-7-8-13(25-3)16(27-5)15(11)26-4/h7-8,10H,6,9H2,1-5H3,(H2,20,21,24)/t10-/m0/s1. The van der Waals surface area contributed by atoms with E-state index >= 15 is 0 Å². The number of ether oxygens (including phenoxy) is 5. The molecule has 10 heteroatoms. The van der Waals surface area contributed by atoms with Crippen LogP contribution in [0, 0.1) is 0 Å². The molecular formula is C19H24N2O8. The molecule has 10 nitrogen and oxygen atoms in total. The molecule has 0 spiro atoms. The summed E-state index contributed by atoms with van der Waals surface area (Å²) in [5, 5.41) is 5.05. The molecule has 0 aliphatic carbocycles. The zero-order valence-electron chi connectivity index (χ0n) is 16.9. The van der Waals surface area contributed by atoms with Crippen LogP contribution in [-0.4, -0.2) is 58.6 Å². The number of esters is 2. The first-order valence-electron chi connectivity index (χ1n) is 8.81. The van der Waals surface area contributed by atoms with Crippen molar-refractivity contribution in [2.24, 2.45) is 0 Å². The third-order valence-electron chi connectivity index (χ3n) is 4.14. The highest BCUT2D eigenvalue weighted by Crippen LogP contribution is 2.40. The molecule has 2 amide bonds. The molecule has 1 aromatic carbocycles. The summed E-state index contributed by atoms with van der Waals surface area (Å²) in [5.41, 5.74) is 0.419. The van der Waals surface area contributed by atoms with Gasteiger partial charge in [0.15, 0.2) is 11.5 Å². The van der Waals surface area contributed by atoms with Gasteiger partial charge in [0.1, 0.15) is 12.2 Å². The van der Waals surface area contributed by atoms with Gasteiger partial charge in [0.05, 0.1) is 45.2 Å². The highest BCUT2D eigenvalue weighted by Gasteiger charge is 2.31. The van der Waals surface area contributed by atoms with E-state index in [1.165, 1.54) is 33.5 Å². The van der Waals surface area contributed by atoms with Crippen molar-refractivity contribution in [2.45, 2.75) is 19.9 Å². The van der Waals surface area contributed by atoms with Crippen LogP contribution >= 0.6 is 0 Å². The van der Waals surface area contributed by atoms with Gasteiger partial charge in [0.25, 0.3) is 0 Å². The lowest BCUT2D eigenvalue weighted by molar-refractivity contribution is -0.139. The van der Waals surface area contributed by atoms with E-state index in [0.29, 0.717) is 5.75 Å². The summed E-state index contributed by atoms with van der Waals surface area (Å²) in [7, 11) is 4.25. The Morgan fingerprint density at radius 2 is 1.69 bits per heavy atom. The van der Waals surface area contributed by atoms with Crippen molar-refractivity contribution in [1.82, 2.24) is 10.6 Å². The second-order valence-electron chi connectivity index (χ2n) is 5.89. The summed E-state index contributed by atoms with van der Waals surface area (Å²) >= 11 is 0. The molecule has 1 heterocycles. The van der Waals surface area contributed by atoms with Crippen LogP contribution in [0.4, 0.5) is 4.79 Å². The summed E-state index contributed by atoms with van der Waals surface area (Å²) in [6, 6.07) is 1.88. The van der Waals surface area contributed by atoms with Crippen LogP contribution in [0.3, 0.4) is 0 Å². The molecule has 0 radical (unpaired) electrons. The second-order valence-corrected chi connectivity index (χ2v) is 5.89. The molecule has 0 saturated heterocycles. The molecule has 2 rings (SSSR count). The number of hydrogen-bond acceptors (Lipinski definition) is 8. The van der Waals surface area contributed by atoms with Crippen molar-refractivity contribution in [1.29, 1.82) is 0 Å². The lowest BCUT2D eigenvalue weighted by atomic mass is 10.0. The van der Waals surface area contributed by atoms with Gasteiger partial charge in [0.2, 0.25) is 5.75 Å². The fourth-order valence-electron chi connectivity index (χ4n) is 2.87. The molecule has 1 aliphatic rings. The highest BCUT2D eigenvalue weighted by atomic mass is 16.5. The average molecular weight is 408 g/mol. The Bertz CT molecular complexity index is 834. The van der Waals surface area contributed by atoms with E-state index in [1.807, 2.05) is 0 Å². The van der Waals surface area contributed by atoms with E-state index in [0.717, 1.165) is 0 Å². The van der Waals surface area contributed by atoms with Crippen molar-refractivity contribution in [2.75, 3.05) is 34.5 Å². The van der Waals surface area contributed by atoms with Crippen LogP contribution in [0.5, 0.6) is 17.2 Å². The lowest BCUT2D eigenvalue weighted by Crippen LogP contribution is -2.50. The predicted octanol–water partition coefficient (Wildman–Crippen LogP) is 1.39. The predicted molar refractivity (Wildman–Crippen MR) is 101 cm³/mol. The maximum absolute atomic E-state index is 12.6. The average Bonchev–Trinajstić information content (AvgIpc) is 2.70. The van der Waals surface area contributed by atoms with Gasteiger partial charge in [0, 0.05) is 0 Å². The largest absolute Gasteiger partial charge is 0.493 e. The first-order chi connectivity index (χ1) is 13.9. The van der Waals surface area contributed by atoms with Gasteiger partial charge in [-0.25, -0.2) is 14.4 Å². The van der Waals surface area contributed by atoms with Gasteiger partial charge in [-0.1, -0.05) is 0 Å². The van der Waals surface area contributed by atoms with Crippen LogP contribution < -0.4 is 24.8 Å². The molecular weight excluding hydrogens is 384 g/mol. The van der Waals surface area contributed by atoms with Crippen molar-refractivity contribution >= 4 is 18.0 Å². The molecule has 158 valence electrons. The molecule has 0 fully saturated rings. The number of carbonyl (C=O) groups excluding carboxylic acids is 3. The van der Waals surface area contributed by atoms with Crippen molar-refractivity contribution in [3.05, 3.63) is 29.0 Å². The number of methoxy groups -OCH3 is 3. The third kappa shape index (κ3) is 4.71. The molecule has 29 heavy (non-hydrogen) atoms. The Hall–Kier alpha value is -3.43. The summed E-state index contributed by atoms with van der Waals surface area (Å²) in [6.45, 7) is 3.12. The Morgan fingerprint density at radius 1 is 1.00 bits per heavy atom. The zero-order chi connectivity index (χ0) is 21.6. The molecule has 1 atom stereocenters. The normalized spacial score (nSPS) is 15.8. The zero-order valence-corrected chi connectivity index (χ0v) is 16.9. The van der Waals surface area contributed by atoms with Crippen LogP contribution in [0.25, 0.3) is 0 Å². The molecule has 0 saturated carbocycles. The van der Waals surface area contributed by atoms with E-state index in [9.17, 15) is 14.4 Å². The number of hydrogen-bond donors (Lipinski definition) is 2. The second kappa shape index (κ2) is 9.67. The van der Waals surface area contributed by atoms with Crippen molar-refractivity contribution in [3.8, 4) is 17.2 Å². The number of urea groups is 1. The van der Waals surface area contributed by atoms with Gasteiger partial charge in [-0.05, 0) is 26.0 Å². The molecule has 2 N–H and O–H groups in total. The summed E-state index contributed by atoms with van der Waals surface area (Å²) in [4.78, 5) is 36.6. The van der Waals surface area contributed by atoms with Crippen LogP contribution in [0.2, 0.25) is 0 Å². The summed E-state index contributed by atoms with van der Waals surface area (Å²) in [5.74, 6) is -0.590. The minimum atomic E-state index is -0.737. The molecule has 0 aromatic heterocycles. The fourth-order valence-corrected chi connectivity index (χ4v) is 2.87. The van der Waals surface area contributed by atoms with Crippen molar-refractivity contribution in [3.63, 3.8) is 0 Å². The van der Waals surface area contributed by atoms with Gasteiger partial charge in [-0.15, -0.1) is 0 Å². The van der Waals surface area contributed by atoms with Crippen molar-refractivity contribution < 1.29 is 38.1 Å². The number of amides is 2. The van der Waals surface area contributed by atoms with Crippen LogP contribution in [-0.2, 0) is 14.3 Å². The third-order valence-corrected chi connectivity index (χ3v) is 4.14. The maximum Gasteiger partial charge on any atom is 0.342 e. The number of carbonyl (C=O) groups is 3. The molecule has 1 aliphatic heterocycles. The summed E-state index contributed by atoms with van der Waals surface area (Å²) < 4.78 is 26.1. The highest BCUT2D eigenvalue weighted by molar-refractivity contribution is 5.96. The first kappa shape index (κ1) is 21.9. The quantitative estimate of drug-likeness (QED) is 0.619. The van der Waals surface area contributed by atoms with Gasteiger partial charge >= 0.3 is 18.0 Å². The number of rotatable bonds is 8. The first-order valence-corrected chi connectivity index (χ1v) is 8.81. The molecule has 0 bridgehead atoms. The Labute approximate surface area is 168 Å². The SMILES string of the molecule is CCOC(=O)C1=C(COC(=O)c2ccc(OC)c(OC)c2OC)NC(=O)N[C@H]1C. The van der Waals surface area contributed by atoms with Gasteiger partial charge < -0.3 is 34.3 Å². The Balaban J connectivity index is 2.29. The van der Waals surface area contributed by atoms with E-state index in [2.05, 4.69) is 10.6 Å².